The maximum Gasteiger partial charge on any atom is 0.231 e. The highest BCUT2D eigenvalue weighted by molar-refractivity contribution is 5.76. The van der Waals surface area contributed by atoms with Crippen LogP contribution < -0.4 is 4.74 Å². The van der Waals surface area contributed by atoms with Crippen molar-refractivity contribution in [2.24, 2.45) is 0 Å². The molecule has 1 fully saturated rings. The van der Waals surface area contributed by atoms with Crippen LogP contribution in [0.3, 0.4) is 0 Å². The third-order valence-corrected chi connectivity index (χ3v) is 3.76. The first-order valence-electron chi connectivity index (χ1n) is 7.48. The van der Waals surface area contributed by atoms with E-state index in [0.717, 1.165) is 18.7 Å². The Labute approximate surface area is 129 Å². The summed E-state index contributed by atoms with van der Waals surface area (Å²) in [6.45, 7) is 3.57. The summed E-state index contributed by atoms with van der Waals surface area (Å²) in [6.07, 6.45) is 1.25. The lowest BCUT2D eigenvalue weighted by Gasteiger charge is -2.16. The molecule has 6 heteroatoms. The normalized spacial score (nSPS) is 17.7. The van der Waals surface area contributed by atoms with Crippen molar-refractivity contribution in [2.75, 3.05) is 19.7 Å². The standard InChI is InChI=1S/C16H19N3O3/c1-12-17-16(22-18-12)13-7-9-19(11-13)15(20)8-10-21-14-5-3-2-4-6-14/h2-6,13H,7-11H2,1H3. The predicted octanol–water partition coefficient (Wildman–Crippen LogP) is 2.16. The fraction of sp³-hybridized carbons (Fsp3) is 0.438. The molecule has 22 heavy (non-hydrogen) atoms. The third kappa shape index (κ3) is 3.44. The number of hydrogen-bond acceptors (Lipinski definition) is 5. The molecule has 6 nitrogen and oxygen atoms in total. The molecule has 1 aliphatic rings. The van der Waals surface area contributed by atoms with Crippen LogP contribution >= 0.6 is 0 Å². The van der Waals surface area contributed by atoms with Crippen LogP contribution in [0.4, 0.5) is 0 Å². The Morgan fingerprint density at radius 3 is 2.95 bits per heavy atom. The van der Waals surface area contributed by atoms with Crippen molar-refractivity contribution in [2.45, 2.75) is 25.7 Å². The summed E-state index contributed by atoms with van der Waals surface area (Å²) < 4.78 is 10.8. The van der Waals surface area contributed by atoms with Gasteiger partial charge in [0.2, 0.25) is 11.8 Å². The van der Waals surface area contributed by atoms with E-state index < -0.39 is 0 Å². The molecule has 0 N–H and O–H groups in total. The smallest absolute Gasteiger partial charge is 0.231 e. The molecule has 0 spiro atoms. The number of hydrogen-bond donors (Lipinski definition) is 0. The van der Waals surface area contributed by atoms with Crippen molar-refractivity contribution >= 4 is 5.91 Å². The Morgan fingerprint density at radius 2 is 2.23 bits per heavy atom. The van der Waals surface area contributed by atoms with Gasteiger partial charge in [-0.3, -0.25) is 4.79 Å². The van der Waals surface area contributed by atoms with Crippen LogP contribution in [0, 0.1) is 6.92 Å². The Hall–Kier alpha value is -2.37. The molecule has 0 saturated carbocycles. The zero-order valence-electron chi connectivity index (χ0n) is 12.6. The third-order valence-electron chi connectivity index (χ3n) is 3.76. The largest absolute Gasteiger partial charge is 0.493 e. The molecular weight excluding hydrogens is 282 g/mol. The van der Waals surface area contributed by atoms with E-state index in [-0.39, 0.29) is 11.8 Å². The van der Waals surface area contributed by atoms with Crippen LogP contribution in [0.15, 0.2) is 34.9 Å². The summed E-state index contributed by atoms with van der Waals surface area (Å²) >= 11 is 0. The van der Waals surface area contributed by atoms with Crippen molar-refractivity contribution in [3.63, 3.8) is 0 Å². The van der Waals surface area contributed by atoms with Gasteiger partial charge in [0.05, 0.1) is 18.9 Å². The van der Waals surface area contributed by atoms with E-state index >= 15 is 0 Å². The molecule has 1 saturated heterocycles. The number of aromatic nitrogens is 2. The zero-order chi connectivity index (χ0) is 15.4. The van der Waals surface area contributed by atoms with Crippen LogP contribution in [0.5, 0.6) is 5.75 Å². The Bertz CT molecular complexity index is 627. The van der Waals surface area contributed by atoms with E-state index in [0.29, 0.717) is 31.3 Å². The second-order valence-corrected chi connectivity index (χ2v) is 5.42. The van der Waals surface area contributed by atoms with Gasteiger partial charge in [-0.2, -0.15) is 4.98 Å². The molecule has 2 aromatic rings. The van der Waals surface area contributed by atoms with Crippen LogP contribution in [0.2, 0.25) is 0 Å². The predicted molar refractivity (Wildman–Crippen MR) is 79.5 cm³/mol. The van der Waals surface area contributed by atoms with E-state index in [4.69, 9.17) is 9.26 Å². The number of likely N-dealkylation sites (tertiary alicyclic amines) is 1. The molecule has 1 unspecified atom stereocenters. The van der Waals surface area contributed by atoms with Gasteiger partial charge in [0.25, 0.3) is 0 Å². The maximum atomic E-state index is 12.2. The van der Waals surface area contributed by atoms with Crippen molar-refractivity contribution in [3.8, 4) is 5.75 Å². The first-order valence-corrected chi connectivity index (χ1v) is 7.48. The summed E-state index contributed by atoms with van der Waals surface area (Å²) in [4.78, 5) is 18.3. The van der Waals surface area contributed by atoms with Crippen molar-refractivity contribution in [1.29, 1.82) is 0 Å². The van der Waals surface area contributed by atoms with Crippen molar-refractivity contribution in [1.82, 2.24) is 15.0 Å². The maximum absolute atomic E-state index is 12.2. The van der Waals surface area contributed by atoms with E-state index in [9.17, 15) is 4.79 Å². The van der Waals surface area contributed by atoms with Gasteiger partial charge < -0.3 is 14.2 Å². The monoisotopic (exact) mass is 301 g/mol. The van der Waals surface area contributed by atoms with Gasteiger partial charge in [-0.1, -0.05) is 23.4 Å². The molecule has 116 valence electrons. The van der Waals surface area contributed by atoms with Crippen LogP contribution in [0.25, 0.3) is 0 Å². The lowest BCUT2D eigenvalue weighted by molar-refractivity contribution is -0.130. The number of carbonyl (C=O) groups excluding carboxylic acids is 1. The molecule has 0 bridgehead atoms. The Balaban J connectivity index is 1.45. The summed E-state index contributed by atoms with van der Waals surface area (Å²) in [5.41, 5.74) is 0. The number of para-hydroxylation sites is 1. The molecular formula is C16H19N3O3. The number of amides is 1. The number of carbonyl (C=O) groups is 1. The van der Waals surface area contributed by atoms with Crippen LogP contribution in [-0.2, 0) is 4.79 Å². The quantitative estimate of drug-likeness (QED) is 0.846. The molecule has 1 aromatic heterocycles. The van der Waals surface area contributed by atoms with Gasteiger partial charge in [0.15, 0.2) is 5.82 Å². The van der Waals surface area contributed by atoms with Gasteiger partial charge >= 0.3 is 0 Å². The fourth-order valence-electron chi connectivity index (χ4n) is 2.60. The SMILES string of the molecule is Cc1noc(C2CCN(C(=O)CCOc3ccccc3)C2)n1. The van der Waals surface area contributed by atoms with Gasteiger partial charge in [-0.25, -0.2) is 0 Å². The molecule has 1 amide bonds. The van der Waals surface area contributed by atoms with Gasteiger partial charge in [-0.05, 0) is 25.5 Å². The van der Waals surface area contributed by atoms with E-state index in [1.54, 1.807) is 6.92 Å². The molecule has 0 aliphatic carbocycles. The topological polar surface area (TPSA) is 68.5 Å². The van der Waals surface area contributed by atoms with Gasteiger partial charge in [0, 0.05) is 13.1 Å². The van der Waals surface area contributed by atoms with E-state index in [2.05, 4.69) is 10.1 Å². The van der Waals surface area contributed by atoms with Crippen LogP contribution in [0.1, 0.15) is 30.5 Å². The molecule has 3 rings (SSSR count). The fourth-order valence-corrected chi connectivity index (χ4v) is 2.60. The number of benzene rings is 1. The van der Waals surface area contributed by atoms with E-state index in [1.165, 1.54) is 0 Å². The van der Waals surface area contributed by atoms with Gasteiger partial charge in [0.1, 0.15) is 5.75 Å². The van der Waals surface area contributed by atoms with Gasteiger partial charge in [-0.15, -0.1) is 0 Å². The minimum Gasteiger partial charge on any atom is -0.493 e. The van der Waals surface area contributed by atoms with Crippen molar-refractivity contribution in [3.05, 3.63) is 42.0 Å². The highest BCUT2D eigenvalue weighted by atomic mass is 16.5. The zero-order valence-corrected chi connectivity index (χ0v) is 12.6. The minimum atomic E-state index is 0.106. The van der Waals surface area contributed by atoms with E-state index in [1.807, 2.05) is 35.2 Å². The number of rotatable bonds is 5. The summed E-state index contributed by atoms with van der Waals surface area (Å²) in [6, 6.07) is 9.52. The highest BCUT2D eigenvalue weighted by Gasteiger charge is 2.30. The molecule has 1 atom stereocenters. The Morgan fingerprint density at radius 1 is 1.41 bits per heavy atom. The molecule has 2 heterocycles. The second-order valence-electron chi connectivity index (χ2n) is 5.42. The highest BCUT2D eigenvalue weighted by Crippen LogP contribution is 2.26. The lowest BCUT2D eigenvalue weighted by atomic mass is 10.1. The first-order chi connectivity index (χ1) is 10.7. The summed E-state index contributed by atoms with van der Waals surface area (Å²) in [5, 5.41) is 3.80. The number of aryl methyl sites for hydroxylation is 1. The summed E-state index contributed by atoms with van der Waals surface area (Å²) in [5.74, 6) is 2.31. The minimum absolute atomic E-state index is 0.106. The molecule has 1 aromatic carbocycles. The number of nitrogens with zero attached hydrogens (tertiary/aromatic N) is 3. The molecule has 1 aliphatic heterocycles. The lowest BCUT2D eigenvalue weighted by Crippen LogP contribution is -2.29. The van der Waals surface area contributed by atoms with Crippen molar-refractivity contribution < 1.29 is 14.1 Å². The number of ether oxygens (including phenoxy) is 1. The molecule has 0 radical (unpaired) electrons. The summed E-state index contributed by atoms with van der Waals surface area (Å²) in [7, 11) is 0. The van der Waals surface area contributed by atoms with Crippen LogP contribution in [-0.4, -0.2) is 40.6 Å². The Kier molecular flexibility index (Phi) is 4.37. The second kappa shape index (κ2) is 6.60. The first kappa shape index (κ1) is 14.6. The average molecular weight is 301 g/mol. The average Bonchev–Trinajstić information content (AvgIpc) is 3.17.